The molecule has 0 atom stereocenters. The smallest absolute Gasteiger partial charge is 0.433 e. The molecule has 2 aromatic heterocycles. The van der Waals surface area contributed by atoms with Crippen LogP contribution in [0.2, 0.25) is 0 Å². The third-order valence-corrected chi connectivity index (χ3v) is 3.44. The van der Waals surface area contributed by atoms with E-state index in [2.05, 4.69) is 15.3 Å². The van der Waals surface area contributed by atoms with E-state index in [1.54, 1.807) is 18.3 Å². The minimum absolute atomic E-state index is 0.0789. The van der Waals surface area contributed by atoms with E-state index in [1.807, 2.05) is 17.5 Å². The molecular weight excluding hydrogens is 303 g/mol. The minimum atomic E-state index is -4.53. The fraction of sp³-hybridized carbons (Fsp3) is 0.385. The molecule has 0 spiro atoms. The fourth-order valence-electron chi connectivity index (χ4n) is 1.59. The van der Waals surface area contributed by atoms with Gasteiger partial charge in [-0.1, -0.05) is 6.07 Å². The molecule has 2 rings (SSSR count). The normalized spacial score (nSPS) is 11.4. The molecule has 8 heteroatoms. The Hall–Kier alpha value is -1.83. The number of alkyl halides is 3. The predicted molar refractivity (Wildman–Crippen MR) is 74.7 cm³/mol. The molecule has 0 unspecified atom stereocenters. The zero-order valence-electron chi connectivity index (χ0n) is 11.3. The van der Waals surface area contributed by atoms with E-state index >= 15 is 0 Å². The highest BCUT2D eigenvalue weighted by atomic mass is 32.1. The molecule has 0 saturated carbocycles. The third-order valence-electron chi connectivity index (χ3n) is 2.51. The van der Waals surface area contributed by atoms with Crippen molar-refractivity contribution in [2.24, 2.45) is 0 Å². The molecular formula is C13H14F3N3OS. The first-order valence-electron chi connectivity index (χ1n) is 6.34. The molecule has 1 N–H and O–H groups in total. The van der Waals surface area contributed by atoms with Gasteiger partial charge < -0.3 is 10.1 Å². The minimum Gasteiger partial charge on any atom is -0.477 e. The van der Waals surface area contributed by atoms with Crippen LogP contribution >= 0.6 is 11.3 Å². The topological polar surface area (TPSA) is 47.0 Å². The van der Waals surface area contributed by atoms with Crippen LogP contribution in [-0.4, -0.2) is 23.1 Å². The lowest BCUT2D eigenvalue weighted by Gasteiger charge is -2.11. The van der Waals surface area contributed by atoms with Gasteiger partial charge >= 0.3 is 6.18 Å². The second-order valence-electron chi connectivity index (χ2n) is 4.12. The van der Waals surface area contributed by atoms with Crippen molar-refractivity contribution in [3.05, 3.63) is 34.2 Å². The summed E-state index contributed by atoms with van der Waals surface area (Å²) in [6, 6.07) is 4.67. The molecule has 2 aromatic rings. The highest BCUT2D eigenvalue weighted by Crippen LogP contribution is 2.30. The number of aromatic nitrogens is 2. The van der Waals surface area contributed by atoms with Gasteiger partial charge in [0.15, 0.2) is 5.69 Å². The zero-order valence-corrected chi connectivity index (χ0v) is 12.1. The van der Waals surface area contributed by atoms with Gasteiger partial charge in [-0.2, -0.15) is 18.2 Å². The van der Waals surface area contributed by atoms with Gasteiger partial charge in [-0.05, 0) is 18.4 Å². The molecule has 4 nitrogen and oxygen atoms in total. The Labute approximate surface area is 124 Å². The van der Waals surface area contributed by atoms with Gasteiger partial charge in [-0.3, -0.25) is 0 Å². The van der Waals surface area contributed by atoms with Crippen LogP contribution in [0, 0.1) is 0 Å². The summed E-state index contributed by atoms with van der Waals surface area (Å²) in [7, 11) is 0. The molecule has 2 heterocycles. The van der Waals surface area contributed by atoms with Gasteiger partial charge in [0, 0.05) is 23.9 Å². The molecule has 0 radical (unpaired) electrons. The molecule has 0 bridgehead atoms. The van der Waals surface area contributed by atoms with Crippen molar-refractivity contribution in [3.8, 4) is 5.88 Å². The first-order valence-corrected chi connectivity index (χ1v) is 7.22. The Bertz CT molecular complexity index is 573. The molecule has 0 saturated heterocycles. The van der Waals surface area contributed by atoms with Crippen LogP contribution in [0.3, 0.4) is 0 Å². The number of nitrogens with one attached hydrogen (secondary N) is 1. The van der Waals surface area contributed by atoms with Gasteiger partial charge in [0.25, 0.3) is 0 Å². The Morgan fingerprint density at radius 3 is 2.76 bits per heavy atom. The van der Waals surface area contributed by atoms with Crippen molar-refractivity contribution < 1.29 is 17.9 Å². The lowest BCUT2D eigenvalue weighted by molar-refractivity contribution is -0.141. The first-order chi connectivity index (χ1) is 9.99. The Morgan fingerprint density at radius 2 is 2.14 bits per heavy atom. The summed E-state index contributed by atoms with van der Waals surface area (Å²) in [5, 5.41) is 4.60. The molecule has 0 aliphatic rings. The maximum atomic E-state index is 12.8. The van der Waals surface area contributed by atoms with Crippen LogP contribution in [0.1, 0.15) is 17.5 Å². The summed E-state index contributed by atoms with van der Waals surface area (Å²) in [6.07, 6.45) is -3.90. The Kier molecular flexibility index (Phi) is 5.00. The summed E-state index contributed by atoms with van der Waals surface area (Å²) in [5.74, 6) is -0.164. The van der Waals surface area contributed by atoms with E-state index in [0.717, 1.165) is 10.9 Å². The number of halogens is 3. The van der Waals surface area contributed by atoms with E-state index in [0.29, 0.717) is 13.0 Å². The van der Waals surface area contributed by atoms with Crippen LogP contribution < -0.4 is 10.1 Å². The van der Waals surface area contributed by atoms with Crippen LogP contribution in [-0.2, 0) is 12.6 Å². The van der Waals surface area contributed by atoms with Crippen LogP contribution in [0.5, 0.6) is 5.88 Å². The van der Waals surface area contributed by atoms with Crippen molar-refractivity contribution in [2.45, 2.75) is 19.5 Å². The predicted octanol–water partition coefficient (Wildman–Crippen LogP) is 3.61. The van der Waals surface area contributed by atoms with Crippen molar-refractivity contribution >= 4 is 17.3 Å². The van der Waals surface area contributed by atoms with Crippen molar-refractivity contribution in [1.29, 1.82) is 0 Å². The maximum absolute atomic E-state index is 12.8. The molecule has 0 fully saturated rings. The van der Waals surface area contributed by atoms with Crippen LogP contribution in [0.15, 0.2) is 23.6 Å². The first kappa shape index (κ1) is 15.6. The highest BCUT2D eigenvalue weighted by Gasteiger charge is 2.34. The van der Waals surface area contributed by atoms with Gasteiger partial charge in [0.2, 0.25) is 11.8 Å². The standard InChI is InChI=1S/C13H14F3N3OS/c1-2-17-12-18-10(13(14,15)16)8-11(19-12)20-6-5-9-4-3-7-21-9/h3-4,7-8H,2,5-6H2,1H3,(H,17,18,19). The molecule has 21 heavy (non-hydrogen) atoms. The quantitative estimate of drug-likeness (QED) is 0.884. The maximum Gasteiger partial charge on any atom is 0.433 e. The molecule has 0 amide bonds. The summed E-state index contributed by atoms with van der Waals surface area (Å²) in [6.45, 7) is 2.44. The second kappa shape index (κ2) is 6.75. The largest absolute Gasteiger partial charge is 0.477 e. The Morgan fingerprint density at radius 1 is 1.33 bits per heavy atom. The van der Waals surface area contributed by atoms with E-state index in [9.17, 15) is 13.2 Å². The van der Waals surface area contributed by atoms with Crippen molar-refractivity contribution in [3.63, 3.8) is 0 Å². The van der Waals surface area contributed by atoms with E-state index in [-0.39, 0.29) is 18.4 Å². The number of thiophene rings is 1. The lowest BCUT2D eigenvalue weighted by Crippen LogP contribution is -2.13. The van der Waals surface area contributed by atoms with Gasteiger partial charge in [-0.15, -0.1) is 11.3 Å². The number of hydrogen-bond acceptors (Lipinski definition) is 5. The van der Waals surface area contributed by atoms with E-state index < -0.39 is 11.9 Å². The number of nitrogens with zero attached hydrogens (tertiary/aromatic N) is 2. The van der Waals surface area contributed by atoms with Crippen molar-refractivity contribution in [1.82, 2.24) is 9.97 Å². The van der Waals surface area contributed by atoms with Crippen molar-refractivity contribution in [2.75, 3.05) is 18.5 Å². The number of rotatable bonds is 6. The van der Waals surface area contributed by atoms with Gasteiger partial charge in [-0.25, -0.2) is 4.98 Å². The Balaban J connectivity index is 2.08. The molecule has 114 valence electrons. The second-order valence-corrected chi connectivity index (χ2v) is 5.15. The molecule has 0 aliphatic heterocycles. The van der Waals surface area contributed by atoms with Gasteiger partial charge in [0.1, 0.15) is 0 Å². The van der Waals surface area contributed by atoms with E-state index in [4.69, 9.17) is 4.74 Å². The average Bonchev–Trinajstić information content (AvgIpc) is 2.91. The molecule has 0 aliphatic carbocycles. The summed E-state index contributed by atoms with van der Waals surface area (Å²) in [5.41, 5.74) is -1.01. The lowest BCUT2D eigenvalue weighted by atomic mass is 10.3. The molecule has 0 aromatic carbocycles. The summed E-state index contributed by atoms with van der Waals surface area (Å²) < 4.78 is 43.6. The summed E-state index contributed by atoms with van der Waals surface area (Å²) >= 11 is 1.57. The van der Waals surface area contributed by atoms with E-state index in [1.165, 1.54) is 0 Å². The monoisotopic (exact) mass is 317 g/mol. The van der Waals surface area contributed by atoms with Crippen LogP contribution in [0.4, 0.5) is 19.1 Å². The SMILES string of the molecule is CCNc1nc(OCCc2cccs2)cc(C(F)(F)F)n1. The van der Waals surface area contributed by atoms with Crippen LogP contribution in [0.25, 0.3) is 0 Å². The number of ether oxygens (including phenoxy) is 1. The number of hydrogen-bond donors (Lipinski definition) is 1. The van der Waals surface area contributed by atoms with Gasteiger partial charge in [0.05, 0.1) is 6.61 Å². The third kappa shape index (κ3) is 4.59. The number of anilines is 1. The average molecular weight is 317 g/mol. The summed E-state index contributed by atoms with van der Waals surface area (Å²) in [4.78, 5) is 8.45. The fourth-order valence-corrected chi connectivity index (χ4v) is 2.28. The highest BCUT2D eigenvalue weighted by molar-refractivity contribution is 7.09. The zero-order chi connectivity index (χ0) is 15.3.